The second-order valence-electron chi connectivity index (χ2n) is 8.56. The highest BCUT2D eigenvalue weighted by molar-refractivity contribution is 7.89. The minimum Gasteiger partial charge on any atom is -0.399 e. The van der Waals surface area contributed by atoms with Crippen molar-refractivity contribution in [3.63, 3.8) is 0 Å². The first-order valence-corrected chi connectivity index (χ1v) is 10.5. The van der Waals surface area contributed by atoms with Crippen molar-refractivity contribution in [3.05, 3.63) is 24.3 Å². The molecule has 0 bridgehead atoms. The molecule has 0 saturated carbocycles. The lowest BCUT2D eigenvalue weighted by atomic mass is 9.79. The van der Waals surface area contributed by atoms with E-state index in [0.29, 0.717) is 25.9 Å². The van der Waals surface area contributed by atoms with Gasteiger partial charge >= 0.3 is 7.12 Å². The summed E-state index contributed by atoms with van der Waals surface area (Å²) in [6, 6.07) is 6.69. The SMILES string of the molecule is CC1(O)CCN(S(=O)(=O)c2ccc(B3OC(C)(C)C(C)(C)O3)cc2)CC1. The first kappa shape index (κ1) is 19.8. The van der Waals surface area contributed by atoms with Crippen LogP contribution in [-0.2, 0) is 19.3 Å². The monoisotopic (exact) mass is 381 g/mol. The van der Waals surface area contributed by atoms with E-state index in [1.807, 2.05) is 27.7 Å². The van der Waals surface area contributed by atoms with Gasteiger partial charge in [-0.15, -0.1) is 0 Å². The Hall–Kier alpha value is -0.925. The number of rotatable bonds is 3. The van der Waals surface area contributed by atoms with Crippen molar-refractivity contribution in [2.24, 2.45) is 0 Å². The Kier molecular flexibility index (Phi) is 4.81. The van der Waals surface area contributed by atoms with Crippen molar-refractivity contribution >= 4 is 22.6 Å². The van der Waals surface area contributed by atoms with Crippen LogP contribution in [-0.4, -0.2) is 54.8 Å². The molecule has 0 radical (unpaired) electrons. The zero-order valence-electron chi connectivity index (χ0n) is 16.2. The summed E-state index contributed by atoms with van der Waals surface area (Å²) >= 11 is 0. The maximum Gasteiger partial charge on any atom is 0.494 e. The van der Waals surface area contributed by atoms with Gasteiger partial charge in [-0.2, -0.15) is 4.31 Å². The largest absolute Gasteiger partial charge is 0.494 e. The topological polar surface area (TPSA) is 76.1 Å². The summed E-state index contributed by atoms with van der Waals surface area (Å²) in [5, 5.41) is 10.0. The molecule has 0 unspecified atom stereocenters. The molecule has 144 valence electrons. The van der Waals surface area contributed by atoms with Crippen molar-refractivity contribution in [2.45, 2.75) is 69.2 Å². The fourth-order valence-electron chi connectivity index (χ4n) is 3.13. The molecule has 8 heteroatoms. The van der Waals surface area contributed by atoms with E-state index in [1.54, 1.807) is 31.2 Å². The lowest BCUT2D eigenvalue weighted by Gasteiger charge is -2.34. The molecule has 1 N–H and O–H groups in total. The Balaban J connectivity index is 1.76. The Morgan fingerprint density at radius 3 is 1.88 bits per heavy atom. The number of piperidine rings is 1. The van der Waals surface area contributed by atoms with Gasteiger partial charge in [-0.1, -0.05) is 12.1 Å². The molecule has 2 aliphatic rings. The first-order chi connectivity index (χ1) is 11.8. The Bertz CT molecular complexity index is 747. The molecule has 0 atom stereocenters. The van der Waals surface area contributed by atoms with Gasteiger partial charge in [0, 0.05) is 13.1 Å². The zero-order valence-corrected chi connectivity index (χ0v) is 17.0. The molecule has 1 aromatic rings. The van der Waals surface area contributed by atoms with Gasteiger partial charge < -0.3 is 14.4 Å². The van der Waals surface area contributed by atoms with E-state index in [2.05, 4.69) is 0 Å². The normalized spacial score (nSPS) is 25.4. The van der Waals surface area contributed by atoms with Gasteiger partial charge in [0.25, 0.3) is 0 Å². The fourth-order valence-corrected chi connectivity index (χ4v) is 4.57. The summed E-state index contributed by atoms with van der Waals surface area (Å²) in [6.07, 6.45) is 0.885. The quantitative estimate of drug-likeness (QED) is 0.804. The second kappa shape index (κ2) is 6.31. The van der Waals surface area contributed by atoms with Crippen LogP contribution in [0, 0.1) is 0 Å². The van der Waals surface area contributed by atoms with Gasteiger partial charge in [-0.05, 0) is 65.1 Å². The maximum atomic E-state index is 12.8. The van der Waals surface area contributed by atoms with Crippen LogP contribution in [0.25, 0.3) is 0 Å². The molecule has 2 saturated heterocycles. The number of aliphatic hydroxyl groups is 1. The third-order valence-corrected chi connectivity index (χ3v) is 7.76. The van der Waals surface area contributed by atoms with Gasteiger partial charge in [0.05, 0.1) is 21.7 Å². The molecule has 26 heavy (non-hydrogen) atoms. The molecule has 0 aliphatic carbocycles. The zero-order chi connectivity index (χ0) is 19.4. The molecule has 2 fully saturated rings. The van der Waals surface area contributed by atoms with Crippen molar-refractivity contribution < 1.29 is 22.8 Å². The second-order valence-corrected chi connectivity index (χ2v) is 10.5. The predicted octanol–water partition coefficient (Wildman–Crippen LogP) is 1.52. The lowest BCUT2D eigenvalue weighted by molar-refractivity contribution is 0.00578. The number of hydrogen-bond donors (Lipinski definition) is 1. The first-order valence-electron chi connectivity index (χ1n) is 9.02. The summed E-state index contributed by atoms with van der Waals surface area (Å²) in [5.41, 5.74) is -0.864. The minimum absolute atomic E-state index is 0.249. The molecule has 2 aliphatic heterocycles. The van der Waals surface area contributed by atoms with Crippen molar-refractivity contribution in [1.29, 1.82) is 0 Å². The highest BCUT2D eigenvalue weighted by Gasteiger charge is 2.51. The molecule has 1 aromatic carbocycles. The molecule has 0 spiro atoms. The number of sulfonamides is 1. The molecule has 0 amide bonds. The van der Waals surface area contributed by atoms with Crippen LogP contribution in [0.15, 0.2) is 29.2 Å². The van der Waals surface area contributed by atoms with E-state index in [9.17, 15) is 13.5 Å². The van der Waals surface area contributed by atoms with Gasteiger partial charge in [-0.3, -0.25) is 0 Å². The lowest BCUT2D eigenvalue weighted by Crippen LogP contribution is -2.45. The summed E-state index contributed by atoms with van der Waals surface area (Å²) in [6.45, 7) is 10.3. The minimum atomic E-state index is -3.56. The maximum absolute atomic E-state index is 12.8. The van der Waals surface area contributed by atoms with E-state index >= 15 is 0 Å². The Labute approximate surface area is 156 Å². The fraction of sp³-hybridized carbons (Fsp3) is 0.667. The summed E-state index contributed by atoms with van der Waals surface area (Å²) in [5.74, 6) is 0. The van der Waals surface area contributed by atoms with Crippen LogP contribution in [0.2, 0.25) is 0 Å². The van der Waals surface area contributed by atoms with Gasteiger partial charge in [-0.25, -0.2) is 8.42 Å². The van der Waals surface area contributed by atoms with Crippen LogP contribution in [0.5, 0.6) is 0 Å². The number of nitrogens with zero attached hydrogens (tertiary/aromatic N) is 1. The highest BCUT2D eigenvalue weighted by atomic mass is 32.2. The van der Waals surface area contributed by atoms with E-state index in [1.165, 1.54) is 4.31 Å². The van der Waals surface area contributed by atoms with Crippen LogP contribution in [0.4, 0.5) is 0 Å². The van der Waals surface area contributed by atoms with E-state index in [4.69, 9.17) is 9.31 Å². The van der Waals surface area contributed by atoms with Crippen molar-refractivity contribution in [1.82, 2.24) is 4.31 Å². The third-order valence-electron chi connectivity index (χ3n) is 5.84. The molecule has 6 nitrogen and oxygen atoms in total. The molecular weight excluding hydrogens is 353 g/mol. The van der Waals surface area contributed by atoms with E-state index in [-0.39, 0.29) is 4.90 Å². The molecule has 0 aromatic heterocycles. The number of benzene rings is 1. The smallest absolute Gasteiger partial charge is 0.399 e. The van der Waals surface area contributed by atoms with Crippen LogP contribution in [0.1, 0.15) is 47.5 Å². The summed E-state index contributed by atoms with van der Waals surface area (Å²) < 4.78 is 39.1. The third kappa shape index (κ3) is 3.58. The summed E-state index contributed by atoms with van der Waals surface area (Å²) in [4.78, 5) is 0.249. The van der Waals surface area contributed by atoms with Gasteiger partial charge in [0.15, 0.2) is 0 Å². The highest BCUT2D eigenvalue weighted by Crippen LogP contribution is 2.36. The standard InChI is InChI=1S/C18H28BNO5S/c1-16(2)17(3,4)25-19(24-16)14-6-8-15(9-7-14)26(22,23)20-12-10-18(5,21)11-13-20/h6-9,21H,10-13H2,1-5H3. The average Bonchev–Trinajstić information content (AvgIpc) is 2.75. The van der Waals surface area contributed by atoms with Crippen LogP contribution < -0.4 is 5.46 Å². The van der Waals surface area contributed by atoms with Crippen molar-refractivity contribution in [2.75, 3.05) is 13.1 Å². The van der Waals surface area contributed by atoms with Gasteiger partial charge in [0.2, 0.25) is 10.0 Å². The van der Waals surface area contributed by atoms with Crippen LogP contribution in [0.3, 0.4) is 0 Å². The number of hydrogen-bond acceptors (Lipinski definition) is 5. The Morgan fingerprint density at radius 1 is 0.962 bits per heavy atom. The van der Waals surface area contributed by atoms with Crippen LogP contribution >= 0.6 is 0 Å². The average molecular weight is 381 g/mol. The van der Waals surface area contributed by atoms with Gasteiger partial charge in [0.1, 0.15) is 0 Å². The molecular formula is C18H28BNO5S. The van der Waals surface area contributed by atoms with Crippen molar-refractivity contribution in [3.8, 4) is 0 Å². The summed E-state index contributed by atoms with van der Waals surface area (Å²) in [7, 11) is -4.07. The molecule has 2 heterocycles. The Morgan fingerprint density at radius 2 is 1.42 bits per heavy atom. The predicted molar refractivity (Wildman–Crippen MR) is 101 cm³/mol. The van der Waals surface area contributed by atoms with E-state index in [0.717, 1.165) is 5.46 Å². The molecule has 3 rings (SSSR count). The van der Waals surface area contributed by atoms with E-state index < -0.39 is 33.9 Å².